The molecule has 4 nitrogen and oxygen atoms in total. The summed E-state index contributed by atoms with van der Waals surface area (Å²) in [5.41, 5.74) is 6.93. The van der Waals surface area contributed by atoms with E-state index in [0.29, 0.717) is 22.6 Å². The molecule has 0 aliphatic rings. The van der Waals surface area contributed by atoms with E-state index < -0.39 is 4.92 Å². The van der Waals surface area contributed by atoms with Crippen LogP contribution in [0, 0.1) is 16.0 Å². The number of nitrogens with zero attached hydrogens (tertiary/aromatic N) is 1. The van der Waals surface area contributed by atoms with Crippen molar-refractivity contribution in [3.05, 3.63) is 33.9 Å². The minimum Gasteiger partial charge on any atom is -0.393 e. The predicted molar refractivity (Wildman–Crippen MR) is 73.1 cm³/mol. The van der Waals surface area contributed by atoms with Crippen LogP contribution in [0.4, 0.5) is 11.4 Å². The van der Waals surface area contributed by atoms with Gasteiger partial charge in [-0.2, -0.15) is 11.8 Å². The van der Waals surface area contributed by atoms with Crippen LogP contribution in [-0.4, -0.2) is 10.2 Å². The van der Waals surface area contributed by atoms with E-state index >= 15 is 0 Å². The number of nitro groups is 1. The Morgan fingerprint density at radius 3 is 2.59 bits per heavy atom. The number of nitrogen functional groups attached to an aromatic ring is 1. The minimum atomic E-state index is -0.435. The zero-order chi connectivity index (χ0) is 13.0. The van der Waals surface area contributed by atoms with E-state index in [0.717, 1.165) is 5.56 Å². The maximum absolute atomic E-state index is 10.7. The highest BCUT2D eigenvalue weighted by atomic mass is 32.2. The fraction of sp³-hybridized carbons (Fsp3) is 0.500. The first-order chi connectivity index (χ1) is 7.93. The SMILES string of the molecule is CC(C)C(C)SCc1cccc([N+](=O)[O-])c1N. The molecule has 5 heteroatoms. The molecule has 1 rings (SSSR count). The molecule has 0 radical (unpaired) electrons. The molecule has 0 bridgehead atoms. The van der Waals surface area contributed by atoms with Gasteiger partial charge in [0.25, 0.3) is 5.69 Å². The van der Waals surface area contributed by atoms with Crippen LogP contribution in [0.3, 0.4) is 0 Å². The number of rotatable bonds is 5. The van der Waals surface area contributed by atoms with Crippen LogP contribution in [0.15, 0.2) is 18.2 Å². The van der Waals surface area contributed by atoms with Crippen molar-refractivity contribution >= 4 is 23.1 Å². The Labute approximate surface area is 106 Å². The summed E-state index contributed by atoms with van der Waals surface area (Å²) in [6.07, 6.45) is 0. The molecule has 1 atom stereocenters. The fourth-order valence-corrected chi connectivity index (χ4v) is 2.38. The van der Waals surface area contributed by atoms with Gasteiger partial charge in [-0.05, 0) is 11.5 Å². The van der Waals surface area contributed by atoms with Crippen molar-refractivity contribution < 1.29 is 4.92 Å². The molecule has 0 spiro atoms. The molecule has 1 aromatic rings. The molecular weight excluding hydrogens is 236 g/mol. The van der Waals surface area contributed by atoms with E-state index in [1.807, 2.05) is 6.07 Å². The number of benzene rings is 1. The first-order valence-electron chi connectivity index (χ1n) is 5.56. The van der Waals surface area contributed by atoms with Crippen LogP contribution in [0.1, 0.15) is 26.3 Å². The highest BCUT2D eigenvalue weighted by Gasteiger charge is 2.15. The fourth-order valence-electron chi connectivity index (χ4n) is 1.30. The zero-order valence-corrected chi connectivity index (χ0v) is 11.2. The van der Waals surface area contributed by atoms with Crippen molar-refractivity contribution in [3.8, 4) is 0 Å². The third-order valence-corrected chi connectivity index (χ3v) is 4.36. The third-order valence-electron chi connectivity index (χ3n) is 2.81. The smallest absolute Gasteiger partial charge is 0.292 e. The molecule has 0 aliphatic heterocycles. The van der Waals surface area contributed by atoms with Crippen LogP contribution < -0.4 is 5.73 Å². The Morgan fingerprint density at radius 2 is 2.06 bits per heavy atom. The average Bonchev–Trinajstić information content (AvgIpc) is 2.26. The summed E-state index contributed by atoms with van der Waals surface area (Å²) in [5.74, 6) is 1.30. The highest BCUT2D eigenvalue weighted by molar-refractivity contribution is 7.99. The Bertz CT molecular complexity index is 407. The van der Waals surface area contributed by atoms with Gasteiger partial charge in [-0.15, -0.1) is 0 Å². The number of hydrogen-bond acceptors (Lipinski definition) is 4. The maximum Gasteiger partial charge on any atom is 0.292 e. The van der Waals surface area contributed by atoms with E-state index in [2.05, 4.69) is 20.8 Å². The van der Waals surface area contributed by atoms with Crippen molar-refractivity contribution in [1.29, 1.82) is 0 Å². The summed E-state index contributed by atoms with van der Waals surface area (Å²) in [4.78, 5) is 10.3. The number of thioether (sulfide) groups is 1. The third kappa shape index (κ3) is 3.63. The van der Waals surface area contributed by atoms with E-state index in [1.54, 1.807) is 17.8 Å². The lowest BCUT2D eigenvalue weighted by atomic mass is 10.1. The van der Waals surface area contributed by atoms with Gasteiger partial charge in [0, 0.05) is 17.1 Å². The lowest BCUT2D eigenvalue weighted by Gasteiger charge is -2.15. The Morgan fingerprint density at radius 1 is 1.41 bits per heavy atom. The number of nitro benzene ring substituents is 1. The highest BCUT2D eigenvalue weighted by Crippen LogP contribution is 2.30. The van der Waals surface area contributed by atoms with Gasteiger partial charge in [0.05, 0.1) is 4.92 Å². The summed E-state index contributed by atoms with van der Waals surface area (Å²) in [5, 5.41) is 11.2. The number of nitrogens with two attached hydrogens (primary N) is 1. The first kappa shape index (κ1) is 13.8. The van der Waals surface area contributed by atoms with Crippen molar-refractivity contribution in [2.45, 2.75) is 31.8 Å². The topological polar surface area (TPSA) is 69.2 Å². The molecule has 0 heterocycles. The number of para-hydroxylation sites is 1. The summed E-state index contributed by atoms with van der Waals surface area (Å²) in [6, 6.07) is 4.97. The van der Waals surface area contributed by atoms with E-state index in [1.165, 1.54) is 6.07 Å². The summed E-state index contributed by atoms with van der Waals surface area (Å²) < 4.78 is 0. The summed E-state index contributed by atoms with van der Waals surface area (Å²) in [7, 11) is 0. The van der Waals surface area contributed by atoms with Gasteiger partial charge in [-0.3, -0.25) is 10.1 Å². The van der Waals surface area contributed by atoms with Gasteiger partial charge in [-0.1, -0.05) is 32.9 Å². The van der Waals surface area contributed by atoms with Crippen LogP contribution in [0.5, 0.6) is 0 Å². The largest absolute Gasteiger partial charge is 0.393 e. The first-order valence-corrected chi connectivity index (χ1v) is 6.61. The second kappa shape index (κ2) is 5.91. The van der Waals surface area contributed by atoms with E-state index in [9.17, 15) is 10.1 Å². The zero-order valence-electron chi connectivity index (χ0n) is 10.3. The molecule has 17 heavy (non-hydrogen) atoms. The van der Waals surface area contributed by atoms with Crippen LogP contribution in [-0.2, 0) is 5.75 Å². The van der Waals surface area contributed by atoms with Crippen LogP contribution in [0.2, 0.25) is 0 Å². The molecule has 0 saturated heterocycles. The molecule has 0 aromatic heterocycles. The van der Waals surface area contributed by atoms with Gasteiger partial charge in [0.15, 0.2) is 0 Å². The normalized spacial score (nSPS) is 12.7. The molecule has 0 fully saturated rings. The maximum atomic E-state index is 10.7. The second-order valence-electron chi connectivity index (χ2n) is 4.37. The van der Waals surface area contributed by atoms with Crippen molar-refractivity contribution in [1.82, 2.24) is 0 Å². The monoisotopic (exact) mass is 254 g/mol. The van der Waals surface area contributed by atoms with Gasteiger partial charge < -0.3 is 5.73 Å². The predicted octanol–water partition coefficient (Wildman–Crippen LogP) is 3.45. The summed E-state index contributed by atoms with van der Waals surface area (Å²) >= 11 is 1.77. The second-order valence-corrected chi connectivity index (χ2v) is 5.73. The van der Waals surface area contributed by atoms with Crippen molar-refractivity contribution in [2.75, 3.05) is 5.73 Å². The Hall–Kier alpha value is -1.23. The lowest BCUT2D eigenvalue weighted by Crippen LogP contribution is -2.07. The molecule has 0 saturated carbocycles. The van der Waals surface area contributed by atoms with Gasteiger partial charge in [0.1, 0.15) is 5.69 Å². The number of anilines is 1. The van der Waals surface area contributed by atoms with Crippen molar-refractivity contribution in [3.63, 3.8) is 0 Å². The Balaban J connectivity index is 2.79. The average molecular weight is 254 g/mol. The van der Waals surface area contributed by atoms with E-state index in [4.69, 9.17) is 5.73 Å². The van der Waals surface area contributed by atoms with Gasteiger partial charge in [0.2, 0.25) is 0 Å². The molecular formula is C12H18N2O2S. The molecule has 94 valence electrons. The van der Waals surface area contributed by atoms with Crippen LogP contribution in [0.25, 0.3) is 0 Å². The lowest BCUT2D eigenvalue weighted by molar-refractivity contribution is -0.383. The van der Waals surface area contributed by atoms with Crippen molar-refractivity contribution in [2.24, 2.45) is 5.92 Å². The molecule has 2 N–H and O–H groups in total. The molecule has 0 amide bonds. The molecule has 0 aliphatic carbocycles. The van der Waals surface area contributed by atoms with Crippen LogP contribution >= 0.6 is 11.8 Å². The Kier molecular flexibility index (Phi) is 4.81. The minimum absolute atomic E-state index is 0.000278. The number of hydrogen-bond donors (Lipinski definition) is 1. The summed E-state index contributed by atoms with van der Waals surface area (Å²) in [6.45, 7) is 6.48. The standard InChI is InChI=1S/C12H18N2O2S/c1-8(2)9(3)17-7-10-5-4-6-11(12(10)13)14(15)16/h4-6,8-9H,7,13H2,1-3H3. The quantitative estimate of drug-likeness (QED) is 0.496. The molecule has 1 aromatic carbocycles. The van der Waals surface area contributed by atoms with Gasteiger partial charge in [-0.25, -0.2) is 0 Å². The van der Waals surface area contributed by atoms with Gasteiger partial charge >= 0.3 is 0 Å². The molecule has 1 unspecified atom stereocenters. The van der Waals surface area contributed by atoms with E-state index in [-0.39, 0.29) is 5.69 Å².